The number of halogens is 4. The van der Waals surface area contributed by atoms with Gasteiger partial charge in [0.25, 0.3) is 0 Å². The van der Waals surface area contributed by atoms with Crippen LogP contribution in [0, 0.1) is 11.6 Å². The molecule has 0 saturated carbocycles. The van der Waals surface area contributed by atoms with Crippen molar-refractivity contribution in [3.05, 3.63) is 50.7 Å². The van der Waals surface area contributed by atoms with Gasteiger partial charge < -0.3 is 4.74 Å². The highest BCUT2D eigenvalue weighted by Gasteiger charge is 2.19. The van der Waals surface area contributed by atoms with Crippen molar-refractivity contribution in [1.29, 1.82) is 0 Å². The van der Waals surface area contributed by atoms with Crippen LogP contribution in [0.15, 0.2) is 23.6 Å². The number of benzene rings is 1. The summed E-state index contributed by atoms with van der Waals surface area (Å²) in [5.41, 5.74) is 0.335. The quantitative estimate of drug-likeness (QED) is 0.571. The largest absolute Gasteiger partial charge is 0.496 e. The SMILES string of the molecule is COc1csc(C(Cl)c2cc(F)c(F)cc2Cl)c1. The number of alkyl halides is 1. The average molecular weight is 309 g/mol. The van der Waals surface area contributed by atoms with Gasteiger partial charge in [0.15, 0.2) is 11.6 Å². The Bertz CT molecular complexity index is 571. The van der Waals surface area contributed by atoms with Crippen molar-refractivity contribution in [1.82, 2.24) is 0 Å². The van der Waals surface area contributed by atoms with Crippen molar-refractivity contribution in [3.8, 4) is 5.75 Å². The third kappa shape index (κ3) is 2.60. The third-order valence-corrected chi connectivity index (χ3v) is 4.30. The van der Waals surface area contributed by atoms with Crippen LogP contribution in [0.2, 0.25) is 5.02 Å². The Morgan fingerprint density at radius 2 is 1.89 bits per heavy atom. The van der Waals surface area contributed by atoms with Crippen LogP contribution >= 0.6 is 34.5 Å². The lowest BCUT2D eigenvalue weighted by Crippen LogP contribution is -1.95. The van der Waals surface area contributed by atoms with Crippen molar-refractivity contribution in [2.75, 3.05) is 7.11 Å². The first kappa shape index (κ1) is 13.6. The molecule has 18 heavy (non-hydrogen) atoms. The Balaban J connectivity index is 2.39. The summed E-state index contributed by atoms with van der Waals surface area (Å²) in [5, 5.41) is 1.24. The first-order valence-electron chi connectivity index (χ1n) is 4.94. The molecule has 1 aromatic carbocycles. The minimum Gasteiger partial charge on any atom is -0.496 e. The molecule has 0 bridgehead atoms. The second kappa shape index (κ2) is 5.43. The number of thiophene rings is 1. The van der Waals surface area contributed by atoms with E-state index in [1.807, 2.05) is 0 Å². The van der Waals surface area contributed by atoms with Gasteiger partial charge in [0, 0.05) is 15.3 Å². The Labute approximate surface area is 117 Å². The van der Waals surface area contributed by atoms with Crippen LogP contribution in [0.5, 0.6) is 5.75 Å². The van der Waals surface area contributed by atoms with E-state index in [1.165, 1.54) is 11.3 Å². The van der Waals surface area contributed by atoms with E-state index < -0.39 is 17.0 Å². The maximum Gasteiger partial charge on any atom is 0.160 e. The lowest BCUT2D eigenvalue weighted by Gasteiger charge is -2.10. The monoisotopic (exact) mass is 308 g/mol. The summed E-state index contributed by atoms with van der Waals surface area (Å²) in [6.45, 7) is 0. The summed E-state index contributed by atoms with van der Waals surface area (Å²) in [7, 11) is 1.54. The van der Waals surface area contributed by atoms with Crippen molar-refractivity contribution < 1.29 is 13.5 Å². The zero-order valence-corrected chi connectivity index (χ0v) is 11.5. The molecule has 1 aromatic heterocycles. The van der Waals surface area contributed by atoms with Gasteiger partial charge in [-0.25, -0.2) is 8.78 Å². The normalized spacial score (nSPS) is 12.5. The van der Waals surface area contributed by atoms with E-state index in [1.54, 1.807) is 18.6 Å². The summed E-state index contributed by atoms with van der Waals surface area (Å²) in [6, 6.07) is 3.67. The second-order valence-corrected chi connectivity index (χ2v) is 5.33. The molecule has 2 aromatic rings. The van der Waals surface area contributed by atoms with E-state index in [2.05, 4.69) is 0 Å². The molecule has 0 aliphatic heterocycles. The Morgan fingerprint density at radius 3 is 2.50 bits per heavy atom. The molecule has 6 heteroatoms. The molecule has 0 saturated heterocycles. The molecule has 0 radical (unpaired) electrons. The molecular weight excluding hydrogens is 301 g/mol. The van der Waals surface area contributed by atoms with Gasteiger partial charge in [0.05, 0.1) is 12.5 Å². The zero-order valence-electron chi connectivity index (χ0n) is 9.22. The van der Waals surface area contributed by atoms with Gasteiger partial charge >= 0.3 is 0 Å². The predicted octanol–water partition coefficient (Wildman–Crippen LogP) is 5.02. The van der Waals surface area contributed by atoms with Crippen molar-refractivity contribution >= 4 is 34.5 Å². The summed E-state index contributed by atoms with van der Waals surface area (Å²) in [5.74, 6) is -1.29. The first-order chi connectivity index (χ1) is 8.52. The maximum atomic E-state index is 13.2. The molecule has 96 valence electrons. The minimum absolute atomic E-state index is 0.0984. The zero-order chi connectivity index (χ0) is 13.3. The molecule has 2 rings (SSSR count). The van der Waals surface area contributed by atoms with Gasteiger partial charge in [0.1, 0.15) is 5.75 Å². The van der Waals surface area contributed by atoms with Crippen LogP contribution in [0.3, 0.4) is 0 Å². The minimum atomic E-state index is -0.989. The van der Waals surface area contributed by atoms with Gasteiger partial charge in [-0.15, -0.1) is 22.9 Å². The van der Waals surface area contributed by atoms with E-state index in [4.69, 9.17) is 27.9 Å². The molecule has 1 nitrogen and oxygen atoms in total. The fourth-order valence-corrected chi connectivity index (χ4v) is 3.02. The molecular formula is C12H8Cl2F2OS. The molecule has 0 aliphatic rings. The highest BCUT2D eigenvalue weighted by Crippen LogP contribution is 2.39. The summed E-state index contributed by atoms with van der Waals surface area (Å²) in [6.07, 6.45) is 0. The topological polar surface area (TPSA) is 9.23 Å². The fraction of sp³-hybridized carbons (Fsp3) is 0.167. The summed E-state index contributed by atoms with van der Waals surface area (Å²) < 4.78 is 31.2. The van der Waals surface area contributed by atoms with Crippen LogP contribution in [0.1, 0.15) is 15.8 Å². The van der Waals surface area contributed by atoms with Crippen molar-refractivity contribution in [3.63, 3.8) is 0 Å². The van der Waals surface area contributed by atoms with Crippen LogP contribution in [-0.4, -0.2) is 7.11 Å². The predicted molar refractivity (Wildman–Crippen MR) is 69.9 cm³/mol. The lowest BCUT2D eigenvalue weighted by molar-refractivity contribution is 0.416. The maximum absolute atomic E-state index is 13.2. The Morgan fingerprint density at radius 1 is 1.22 bits per heavy atom. The molecule has 0 fully saturated rings. The fourth-order valence-electron chi connectivity index (χ4n) is 1.46. The Kier molecular flexibility index (Phi) is 4.10. The standard InChI is InChI=1S/C12H8Cl2F2OS/c1-17-6-2-11(18-5-6)12(14)7-3-9(15)10(16)4-8(7)13/h2-5,12H,1H3. The van der Waals surface area contributed by atoms with E-state index in [-0.39, 0.29) is 5.02 Å². The van der Waals surface area contributed by atoms with Crippen LogP contribution in [0.25, 0.3) is 0 Å². The molecule has 0 N–H and O–H groups in total. The first-order valence-corrected chi connectivity index (χ1v) is 6.63. The van der Waals surface area contributed by atoms with Gasteiger partial charge in [-0.2, -0.15) is 0 Å². The number of methoxy groups -OCH3 is 1. The number of hydrogen-bond acceptors (Lipinski definition) is 2. The Hall–Kier alpha value is -0.840. The van der Waals surface area contributed by atoms with E-state index in [9.17, 15) is 8.78 Å². The van der Waals surface area contributed by atoms with Crippen LogP contribution < -0.4 is 4.74 Å². The number of ether oxygens (including phenoxy) is 1. The van der Waals surface area contributed by atoms with Crippen molar-refractivity contribution in [2.24, 2.45) is 0 Å². The van der Waals surface area contributed by atoms with Gasteiger partial charge in [-0.05, 0) is 23.8 Å². The molecule has 1 atom stereocenters. The molecule has 1 unspecified atom stereocenters. The number of rotatable bonds is 3. The van der Waals surface area contributed by atoms with E-state index in [0.717, 1.165) is 17.0 Å². The molecule has 0 spiro atoms. The van der Waals surface area contributed by atoms with Crippen LogP contribution in [-0.2, 0) is 0 Å². The molecule has 1 heterocycles. The smallest absolute Gasteiger partial charge is 0.160 e. The van der Waals surface area contributed by atoms with Crippen LogP contribution in [0.4, 0.5) is 8.78 Å². The average Bonchev–Trinajstić information content (AvgIpc) is 2.81. The lowest BCUT2D eigenvalue weighted by atomic mass is 10.1. The third-order valence-electron chi connectivity index (χ3n) is 2.39. The van der Waals surface area contributed by atoms with E-state index in [0.29, 0.717) is 11.3 Å². The summed E-state index contributed by atoms with van der Waals surface area (Å²) >= 11 is 13.4. The highest BCUT2D eigenvalue weighted by molar-refractivity contribution is 7.10. The second-order valence-electron chi connectivity index (χ2n) is 3.54. The highest BCUT2D eigenvalue weighted by atomic mass is 35.5. The van der Waals surface area contributed by atoms with Gasteiger partial charge in [-0.1, -0.05) is 11.6 Å². The summed E-state index contributed by atoms with van der Waals surface area (Å²) in [4.78, 5) is 0.751. The van der Waals surface area contributed by atoms with Gasteiger partial charge in [-0.3, -0.25) is 0 Å². The molecule has 0 amide bonds. The molecule has 0 aliphatic carbocycles. The van der Waals surface area contributed by atoms with E-state index >= 15 is 0 Å². The van der Waals surface area contributed by atoms with Crippen molar-refractivity contribution in [2.45, 2.75) is 5.38 Å². The van der Waals surface area contributed by atoms with Gasteiger partial charge in [0.2, 0.25) is 0 Å². The number of hydrogen-bond donors (Lipinski definition) is 0.